The van der Waals surface area contributed by atoms with Crippen molar-refractivity contribution in [2.45, 2.75) is 19.8 Å². The Morgan fingerprint density at radius 1 is 0.923 bits per heavy atom. The summed E-state index contributed by atoms with van der Waals surface area (Å²) in [7, 11) is 3.31. The summed E-state index contributed by atoms with van der Waals surface area (Å²) in [5, 5.41) is 7.77. The van der Waals surface area contributed by atoms with Gasteiger partial charge in [-0.25, -0.2) is 9.67 Å². The molecule has 0 N–H and O–H groups in total. The zero-order chi connectivity index (χ0) is 18.1. The normalized spacial score (nSPS) is 11.2. The van der Waals surface area contributed by atoms with E-state index in [2.05, 4.69) is 12.0 Å². The maximum absolute atomic E-state index is 5.51. The van der Waals surface area contributed by atoms with Gasteiger partial charge in [0.1, 0.15) is 0 Å². The van der Waals surface area contributed by atoms with Crippen molar-refractivity contribution in [3.63, 3.8) is 0 Å². The highest BCUT2D eigenvalue weighted by atomic mass is 16.5. The Morgan fingerprint density at radius 2 is 1.62 bits per heavy atom. The highest BCUT2D eigenvalue weighted by Gasteiger charge is 2.16. The zero-order valence-electron chi connectivity index (χ0n) is 15.2. The molecule has 4 aromatic rings. The van der Waals surface area contributed by atoms with E-state index in [9.17, 15) is 0 Å². The first-order valence-corrected chi connectivity index (χ1v) is 8.74. The number of aryl methyl sites for hydroxylation is 1. The van der Waals surface area contributed by atoms with E-state index in [0.717, 1.165) is 46.0 Å². The van der Waals surface area contributed by atoms with Gasteiger partial charge in [0, 0.05) is 16.2 Å². The fourth-order valence-corrected chi connectivity index (χ4v) is 3.35. The van der Waals surface area contributed by atoms with Crippen LogP contribution in [0, 0.1) is 0 Å². The van der Waals surface area contributed by atoms with Crippen LogP contribution in [0.2, 0.25) is 0 Å². The second-order valence-electron chi connectivity index (χ2n) is 6.19. The molecule has 0 bridgehead atoms. The molecule has 0 saturated carbocycles. The molecule has 0 radical (unpaired) electrons. The summed E-state index contributed by atoms with van der Waals surface area (Å²) >= 11 is 0. The fourth-order valence-electron chi connectivity index (χ4n) is 3.35. The molecule has 0 aliphatic heterocycles. The Morgan fingerprint density at radius 3 is 2.27 bits per heavy atom. The molecular formula is C21H21N3O2. The minimum Gasteiger partial charge on any atom is -0.493 e. The lowest BCUT2D eigenvalue weighted by Crippen LogP contribution is -2.01. The van der Waals surface area contributed by atoms with Gasteiger partial charge in [-0.3, -0.25) is 0 Å². The van der Waals surface area contributed by atoms with Crippen LogP contribution < -0.4 is 9.47 Å². The van der Waals surface area contributed by atoms with Crippen molar-refractivity contribution in [1.29, 1.82) is 0 Å². The minimum atomic E-state index is 0.711. The van der Waals surface area contributed by atoms with E-state index in [1.807, 2.05) is 53.3 Å². The predicted molar refractivity (Wildman–Crippen MR) is 103 cm³/mol. The number of aromatic nitrogens is 3. The van der Waals surface area contributed by atoms with Crippen molar-refractivity contribution in [3.05, 3.63) is 54.4 Å². The minimum absolute atomic E-state index is 0.711. The van der Waals surface area contributed by atoms with E-state index >= 15 is 0 Å². The first kappa shape index (κ1) is 16.4. The highest BCUT2D eigenvalue weighted by molar-refractivity contribution is 6.07. The van der Waals surface area contributed by atoms with Gasteiger partial charge in [-0.2, -0.15) is 5.10 Å². The van der Waals surface area contributed by atoms with Crippen molar-refractivity contribution in [2.24, 2.45) is 0 Å². The first-order valence-electron chi connectivity index (χ1n) is 8.74. The second-order valence-corrected chi connectivity index (χ2v) is 6.19. The lowest BCUT2D eigenvalue weighted by atomic mass is 10.0. The van der Waals surface area contributed by atoms with Gasteiger partial charge in [-0.15, -0.1) is 0 Å². The van der Waals surface area contributed by atoms with Gasteiger partial charge in [0.2, 0.25) is 0 Å². The second kappa shape index (κ2) is 6.67. The standard InChI is InChI=1S/C21H21N3O2/c1-4-8-18-16-12-20(26-3)19(25-2)11-15(16)17-13-22-24(21(17)23-18)14-9-6-5-7-10-14/h5-7,9-13H,4,8H2,1-3H3. The Balaban J connectivity index is 2.07. The van der Waals surface area contributed by atoms with Gasteiger partial charge in [0.25, 0.3) is 0 Å². The van der Waals surface area contributed by atoms with Crippen LogP contribution in [0.25, 0.3) is 27.5 Å². The molecule has 2 heterocycles. The third-order valence-electron chi connectivity index (χ3n) is 4.60. The van der Waals surface area contributed by atoms with Gasteiger partial charge in [-0.05, 0) is 30.7 Å². The van der Waals surface area contributed by atoms with Crippen molar-refractivity contribution >= 4 is 21.8 Å². The summed E-state index contributed by atoms with van der Waals surface area (Å²) in [5.41, 5.74) is 2.91. The fraction of sp³-hybridized carbons (Fsp3) is 0.238. The predicted octanol–water partition coefficient (Wildman–Crippen LogP) is 4.54. The molecular weight excluding hydrogens is 326 g/mol. The molecule has 0 aliphatic carbocycles. The quantitative estimate of drug-likeness (QED) is 0.532. The number of pyridine rings is 1. The van der Waals surface area contributed by atoms with E-state index in [-0.39, 0.29) is 0 Å². The van der Waals surface area contributed by atoms with Gasteiger partial charge < -0.3 is 9.47 Å². The van der Waals surface area contributed by atoms with Gasteiger partial charge in [0.05, 0.1) is 31.8 Å². The largest absolute Gasteiger partial charge is 0.493 e. The monoisotopic (exact) mass is 347 g/mol. The van der Waals surface area contributed by atoms with Crippen LogP contribution in [0.3, 0.4) is 0 Å². The number of methoxy groups -OCH3 is 2. The van der Waals surface area contributed by atoms with E-state index < -0.39 is 0 Å². The molecule has 0 spiro atoms. The summed E-state index contributed by atoms with van der Waals surface area (Å²) in [6.45, 7) is 2.16. The Kier molecular flexibility index (Phi) is 4.21. The zero-order valence-corrected chi connectivity index (χ0v) is 15.2. The molecule has 2 aromatic heterocycles. The van der Waals surface area contributed by atoms with E-state index in [1.165, 1.54) is 0 Å². The Labute approximate surface area is 152 Å². The van der Waals surface area contributed by atoms with E-state index in [4.69, 9.17) is 14.5 Å². The molecule has 4 rings (SSSR count). The maximum Gasteiger partial charge on any atom is 0.163 e. The first-order chi connectivity index (χ1) is 12.8. The molecule has 0 atom stereocenters. The van der Waals surface area contributed by atoms with Crippen LogP contribution in [0.15, 0.2) is 48.7 Å². The SMILES string of the molecule is CCCc1nc2c(cnn2-c2ccccc2)c2cc(OC)c(OC)cc12. The van der Waals surface area contributed by atoms with Crippen LogP contribution in [0.5, 0.6) is 11.5 Å². The molecule has 2 aromatic carbocycles. The number of nitrogens with zero attached hydrogens (tertiary/aromatic N) is 3. The molecule has 0 unspecified atom stereocenters. The van der Waals surface area contributed by atoms with Gasteiger partial charge in [0.15, 0.2) is 17.1 Å². The molecule has 0 amide bonds. The molecule has 26 heavy (non-hydrogen) atoms. The lowest BCUT2D eigenvalue weighted by Gasteiger charge is -2.13. The van der Waals surface area contributed by atoms with Crippen molar-refractivity contribution in [3.8, 4) is 17.2 Å². The lowest BCUT2D eigenvalue weighted by molar-refractivity contribution is 0.356. The van der Waals surface area contributed by atoms with Crippen molar-refractivity contribution < 1.29 is 9.47 Å². The number of benzene rings is 2. The Hall–Kier alpha value is -3.08. The molecule has 0 aliphatic rings. The summed E-state index contributed by atoms with van der Waals surface area (Å²) in [5.74, 6) is 1.43. The Bertz CT molecular complexity index is 1070. The summed E-state index contributed by atoms with van der Waals surface area (Å²) in [4.78, 5) is 4.96. The molecule has 132 valence electrons. The topological polar surface area (TPSA) is 49.2 Å². The number of para-hydroxylation sites is 1. The number of hydrogen-bond acceptors (Lipinski definition) is 4. The third-order valence-corrected chi connectivity index (χ3v) is 4.60. The maximum atomic E-state index is 5.51. The molecule has 0 saturated heterocycles. The summed E-state index contributed by atoms with van der Waals surface area (Å²) in [6, 6.07) is 14.1. The molecule has 0 fully saturated rings. The molecule has 5 nitrogen and oxygen atoms in total. The van der Waals surface area contributed by atoms with Crippen LogP contribution >= 0.6 is 0 Å². The van der Waals surface area contributed by atoms with Gasteiger partial charge >= 0.3 is 0 Å². The number of rotatable bonds is 5. The van der Waals surface area contributed by atoms with Crippen molar-refractivity contribution in [1.82, 2.24) is 14.8 Å². The highest BCUT2D eigenvalue weighted by Crippen LogP contribution is 2.37. The van der Waals surface area contributed by atoms with E-state index in [0.29, 0.717) is 11.5 Å². The number of hydrogen-bond donors (Lipinski definition) is 0. The number of fused-ring (bicyclic) bond motifs is 3. The van der Waals surface area contributed by atoms with Crippen molar-refractivity contribution in [2.75, 3.05) is 14.2 Å². The molecule has 5 heteroatoms. The average Bonchev–Trinajstić information content (AvgIpc) is 3.12. The summed E-state index contributed by atoms with van der Waals surface area (Å²) in [6.07, 6.45) is 3.78. The van der Waals surface area contributed by atoms with Crippen LogP contribution in [-0.4, -0.2) is 29.0 Å². The smallest absolute Gasteiger partial charge is 0.163 e. The van der Waals surface area contributed by atoms with E-state index in [1.54, 1.807) is 14.2 Å². The van der Waals surface area contributed by atoms with Crippen LogP contribution in [-0.2, 0) is 6.42 Å². The van der Waals surface area contributed by atoms with Gasteiger partial charge in [-0.1, -0.05) is 31.5 Å². The van der Waals surface area contributed by atoms with Crippen LogP contribution in [0.1, 0.15) is 19.0 Å². The van der Waals surface area contributed by atoms with Crippen LogP contribution in [0.4, 0.5) is 0 Å². The summed E-state index contributed by atoms with van der Waals surface area (Å²) < 4.78 is 12.9. The average molecular weight is 347 g/mol. The third kappa shape index (κ3) is 2.56. The number of ether oxygens (including phenoxy) is 2.